The van der Waals surface area contributed by atoms with Crippen LogP contribution in [0.3, 0.4) is 0 Å². The van der Waals surface area contributed by atoms with Crippen LogP contribution in [0.25, 0.3) is 0 Å². The maximum absolute atomic E-state index is 12.6. The van der Waals surface area contributed by atoms with Crippen LogP contribution in [-0.4, -0.2) is 25.1 Å². The average Bonchev–Trinajstić information content (AvgIpc) is 2.26. The average molecular weight is 310 g/mol. The molecular weight excluding hydrogens is 293 g/mol. The molecule has 0 saturated carbocycles. The molecule has 0 saturated heterocycles. The van der Waals surface area contributed by atoms with Crippen molar-refractivity contribution in [1.29, 1.82) is 0 Å². The summed E-state index contributed by atoms with van der Waals surface area (Å²) in [4.78, 5) is -0.782. The molecule has 3 nitrogen and oxygen atoms in total. The van der Waals surface area contributed by atoms with Gasteiger partial charge in [0.25, 0.3) is 9.84 Å². The minimum Gasteiger partial charge on any atom is -0.393 e. The minimum absolute atomic E-state index is 0.0158. The van der Waals surface area contributed by atoms with Crippen LogP contribution in [0, 0.1) is 5.92 Å². The minimum atomic E-state index is -5.39. The van der Waals surface area contributed by atoms with Gasteiger partial charge in [-0.1, -0.05) is 32.0 Å². The van der Waals surface area contributed by atoms with E-state index in [-0.39, 0.29) is 17.9 Å². The van der Waals surface area contributed by atoms with E-state index in [4.69, 9.17) is 0 Å². The fraction of sp³-hybridized carbons (Fsp3) is 0.538. The highest BCUT2D eigenvalue weighted by atomic mass is 32.2. The van der Waals surface area contributed by atoms with Crippen molar-refractivity contribution in [3.05, 3.63) is 29.8 Å². The van der Waals surface area contributed by atoms with Crippen molar-refractivity contribution in [3.63, 3.8) is 0 Å². The van der Waals surface area contributed by atoms with Gasteiger partial charge in [0.15, 0.2) is 0 Å². The molecule has 0 aliphatic rings. The Morgan fingerprint density at radius 1 is 1.20 bits per heavy atom. The first-order valence-electron chi connectivity index (χ1n) is 6.13. The zero-order chi connectivity index (χ0) is 15.6. The maximum Gasteiger partial charge on any atom is 0.501 e. The Balaban J connectivity index is 3.13. The van der Waals surface area contributed by atoms with Gasteiger partial charge in [-0.15, -0.1) is 0 Å². The van der Waals surface area contributed by atoms with E-state index in [1.165, 1.54) is 18.2 Å². The topological polar surface area (TPSA) is 54.4 Å². The van der Waals surface area contributed by atoms with E-state index in [1.807, 2.05) is 13.8 Å². The molecule has 0 fully saturated rings. The van der Waals surface area contributed by atoms with Gasteiger partial charge in [-0.3, -0.25) is 0 Å². The normalized spacial score (nSPS) is 14.6. The third-order valence-electron chi connectivity index (χ3n) is 2.77. The largest absolute Gasteiger partial charge is 0.501 e. The van der Waals surface area contributed by atoms with Crippen LogP contribution in [0.15, 0.2) is 29.2 Å². The lowest BCUT2D eigenvalue weighted by Gasteiger charge is -2.16. The lowest BCUT2D eigenvalue weighted by molar-refractivity contribution is -0.0436. The number of aliphatic hydroxyl groups excluding tert-OH is 1. The van der Waals surface area contributed by atoms with Crippen LogP contribution in [0.4, 0.5) is 13.2 Å². The number of alkyl halides is 3. The molecular formula is C13H17F3O3S. The maximum atomic E-state index is 12.6. The molecule has 1 atom stereocenters. The second kappa shape index (κ2) is 6.13. The van der Waals surface area contributed by atoms with Gasteiger partial charge in [0, 0.05) is 0 Å². The summed E-state index contributed by atoms with van der Waals surface area (Å²) in [5.41, 5.74) is -5.36. The van der Waals surface area contributed by atoms with Crippen molar-refractivity contribution >= 4 is 9.84 Å². The van der Waals surface area contributed by atoms with E-state index in [1.54, 1.807) is 0 Å². The first-order chi connectivity index (χ1) is 9.05. The molecule has 7 heteroatoms. The van der Waals surface area contributed by atoms with Crippen molar-refractivity contribution in [2.45, 2.75) is 43.2 Å². The Labute approximate surface area is 116 Å². The first kappa shape index (κ1) is 17.0. The van der Waals surface area contributed by atoms with E-state index >= 15 is 0 Å². The number of benzene rings is 1. The summed E-state index contributed by atoms with van der Waals surface area (Å²) in [5, 5.41) is 9.79. The van der Waals surface area contributed by atoms with Gasteiger partial charge in [-0.05, 0) is 30.4 Å². The van der Waals surface area contributed by atoms with Crippen LogP contribution >= 0.6 is 0 Å². The molecule has 1 N–H and O–H groups in total. The van der Waals surface area contributed by atoms with Gasteiger partial charge in [-0.2, -0.15) is 13.2 Å². The monoisotopic (exact) mass is 310 g/mol. The number of hydrogen-bond acceptors (Lipinski definition) is 3. The van der Waals surface area contributed by atoms with Crippen LogP contribution in [0.1, 0.15) is 25.8 Å². The summed E-state index contributed by atoms with van der Waals surface area (Å²) in [6, 6.07) is 4.90. The standard InChI is InChI=1S/C13H17F3O3S/c1-9(2)7-11(17)8-10-5-3-4-6-12(10)20(18,19)13(14,15)16/h3-6,9,11,17H,7-8H2,1-2H3. The van der Waals surface area contributed by atoms with Gasteiger partial charge < -0.3 is 5.11 Å². The van der Waals surface area contributed by atoms with Gasteiger partial charge in [0.2, 0.25) is 0 Å². The number of aliphatic hydroxyl groups is 1. The van der Waals surface area contributed by atoms with Crippen LogP contribution in [0.2, 0.25) is 0 Å². The number of halogens is 3. The van der Waals surface area contributed by atoms with Crippen molar-refractivity contribution in [1.82, 2.24) is 0 Å². The first-order valence-corrected chi connectivity index (χ1v) is 7.61. The highest BCUT2D eigenvalue weighted by Gasteiger charge is 2.47. The van der Waals surface area contributed by atoms with E-state index in [2.05, 4.69) is 0 Å². The van der Waals surface area contributed by atoms with Gasteiger partial charge in [-0.25, -0.2) is 8.42 Å². The second-order valence-corrected chi connectivity index (χ2v) is 6.95. The SMILES string of the molecule is CC(C)CC(O)Cc1ccccc1S(=O)(=O)C(F)(F)F. The molecule has 20 heavy (non-hydrogen) atoms. The van der Waals surface area contributed by atoms with Crippen LogP contribution < -0.4 is 0 Å². The summed E-state index contributed by atoms with van der Waals surface area (Å²) < 4.78 is 60.7. The Hall–Kier alpha value is -1.08. The zero-order valence-corrected chi connectivity index (χ0v) is 12.0. The lowest BCUT2D eigenvalue weighted by Crippen LogP contribution is -2.25. The fourth-order valence-corrected chi connectivity index (χ4v) is 2.94. The van der Waals surface area contributed by atoms with Gasteiger partial charge in [0.05, 0.1) is 11.0 Å². The van der Waals surface area contributed by atoms with Crippen LogP contribution in [-0.2, 0) is 16.3 Å². The molecule has 1 rings (SSSR count). The molecule has 0 amide bonds. The molecule has 0 radical (unpaired) electrons. The molecule has 0 spiro atoms. The Kier molecular flexibility index (Phi) is 5.21. The summed E-state index contributed by atoms with van der Waals surface area (Å²) in [5.74, 6) is 0.163. The Bertz CT molecular complexity index is 550. The third-order valence-corrected chi connectivity index (χ3v) is 4.35. The van der Waals surface area contributed by atoms with Crippen molar-refractivity contribution in [2.75, 3.05) is 0 Å². The molecule has 1 aromatic carbocycles. The van der Waals surface area contributed by atoms with Crippen molar-refractivity contribution in [2.24, 2.45) is 5.92 Å². The molecule has 1 unspecified atom stereocenters. The predicted molar refractivity (Wildman–Crippen MR) is 68.8 cm³/mol. The summed E-state index contributed by atoms with van der Waals surface area (Å²) in [7, 11) is -5.39. The number of rotatable bonds is 5. The number of sulfone groups is 1. The quantitative estimate of drug-likeness (QED) is 0.910. The molecule has 0 aliphatic carbocycles. The lowest BCUT2D eigenvalue weighted by atomic mass is 10.00. The van der Waals surface area contributed by atoms with Crippen LogP contribution in [0.5, 0.6) is 0 Å². The molecule has 1 aromatic rings. The zero-order valence-electron chi connectivity index (χ0n) is 11.2. The second-order valence-electron chi connectivity index (χ2n) is 5.04. The van der Waals surface area contributed by atoms with Gasteiger partial charge in [0.1, 0.15) is 0 Å². The molecule has 0 aliphatic heterocycles. The smallest absolute Gasteiger partial charge is 0.393 e. The summed E-state index contributed by atoms with van der Waals surface area (Å²) >= 11 is 0. The van der Waals surface area contributed by atoms with Crippen molar-refractivity contribution < 1.29 is 26.7 Å². The molecule has 0 heterocycles. The summed E-state index contributed by atoms with van der Waals surface area (Å²) in [6.07, 6.45) is -0.607. The number of hydrogen-bond donors (Lipinski definition) is 1. The van der Waals surface area contributed by atoms with E-state index in [0.717, 1.165) is 6.07 Å². The molecule has 114 valence electrons. The third kappa shape index (κ3) is 3.96. The highest BCUT2D eigenvalue weighted by Crippen LogP contribution is 2.32. The fourth-order valence-electron chi connectivity index (χ4n) is 1.94. The Morgan fingerprint density at radius 2 is 1.75 bits per heavy atom. The van der Waals surface area contributed by atoms with E-state index < -0.39 is 26.3 Å². The van der Waals surface area contributed by atoms with Gasteiger partial charge >= 0.3 is 5.51 Å². The van der Waals surface area contributed by atoms with E-state index in [0.29, 0.717) is 6.42 Å². The van der Waals surface area contributed by atoms with E-state index in [9.17, 15) is 26.7 Å². The Morgan fingerprint density at radius 3 is 2.25 bits per heavy atom. The molecule has 0 bridgehead atoms. The summed E-state index contributed by atoms with van der Waals surface area (Å²) in [6.45, 7) is 3.73. The highest BCUT2D eigenvalue weighted by molar-refractivity contribution is 7.92. The molecule has 0 aromatic heterocycles. The predicted octanol–water partition coefficient (Wildman–Crippen LogP) is 2.93. The van der Waals surface area contributed by atoms with Crippen molar-refractivity contribution in [3.8, 4) is 0 Å².